The number of morpholine rings is 1. The zero-order valence-corrected chi connectivity index (χ0v) is 15.2. The normalized spacial score (nSPS) is 14.5. The maximum absolute atomic E-state index is 12.5. The average molecular weight is 354 g/mol. The minimum absolute atomic E-state index is 0.00272. The molecule has 3 rings (SSSR count). The van der Waals surface area contributed by atoms with Crippen LogP contribution in [0.5, 0.6) is 0 Å². The smallest absolute Gasteiger partial charge is 0.238 e. The van der Waals surface area contributed by atoms with Gasteiger partial charge in [-0.15, -0.1) is 0 Å². The Balaban J connectivity index is 1.53. The van der Waals surface area contributed by atoms with Crippen LogP contribution in [0.3, 0.4) is 0 Å². The molecule has 1 fully saturated rings. The molecule has 6 heteroatoms. The second-order valence-corrected chi connectivity index (χ2v) is 6.51. The fourth-order valence-electron chi connectivity index (χ4n) is 3.04. The summed E-state index contributed by atoms with van der Waals surface area (Å²) < 4.78 is 5.42. The number of benzene rings is 1. The number of ether oxygens (including phenoxy) is 1. The van der Waals surface area contributed by atoms with Gasteiger partial charge in [-0.05, 0) is 43.3 Å². The number of carbonyl (C=O) groups is 1. The minimum atomic E-state index is 0.00272. The predicted molar refractivity (Wildman–Crippen MR) is 104 cm³/mol. The maximum Gasteiger partial charge on any atom is 0.238 e. The molecule has 6 nitrogen and oxygen atoms in total. The molecular formula is C20H26N4O2. The van der Waals surface area contributed by atoms with Gasteiger partial charge in [-0.1, -0.05) is 12.1 Å². The van der Waals surface area contributed by atoms with Crippen molar-refractivity contribution in [1.82, 2.24) is 9.88 Å². The Morgan fingerprint density at radius 3 is 2.69 bits per heavy atom. The van der Waals surface area contributed by atoms with Crippen LogP contribution in [0.2, 0.25) is 0 Å². The van der Waals surface area contributed by atoms with Crippen molar-refractivity contribution in [3.8, 4) is 0 Å². The molecule has 0 aliphatic carbocycles. The largest absolute Gasteiger partial charge is 0.378 e. The molecule has 1 aromatic heterocycles. The summed E-state index contributed by atoms with van der Waals surface area (Å²) >= 11 is 0. The highest BCUT2D eigenvalue weighted by molar-refractivity contribution is 5.95. The molecular weight excluding hydrogens is 328 g/mol. The first kappa shape index (κ1) is 18.4. The molecule has 0 radical (unpaired) electrons. The van der Waals surface area contributed by atoms with Crippen LogP contribution in [0.25, 0.3) is 0 Å². The highest BCUT2D eigenvalue weighted by atomic mass is 16.5. The molecule has 2 aromatic rings. The third-order valence-electron chi connectivity index (χ3n) is 4.47. The molecule has 1 amide bonds. The van der Waals surface area contributed by atoms with Gasteiger partial charge in [0.15, 0.2) is 0 Å². The van der Waals surface area contributed by atoms with Crippen molar-refractivity contribution in [2.45, 2.75) is 6.42 Å². The number of pyridine rings is 1. The number of amides is 1. The van der Waals surface area contributed by atoms with Gasteiger partial charge in [0.05, 0.1) is 31.1 Å². The Hall–Kier alpha value is -2.44. The second-order valence-electron chi connectivity index (χ2n) is 6.51. The lowest BCUT2D eigenvalue weighted by molar-refractivity contribution is -0.117. The number of likely N-dealkylation sites (N-methyl/N-ethyl adjacent to an activating group) is 1. The zero-order chi connectivity index (χ0) is 18.2. The van der Waals surface area contributed by atoms with E-state index in [0.717, 1.165) is 50.6 Å². The summed E-state index contributed by atoms with van der Waals surface area (Å²) in [6.07, 6.45) is 4.49. The third kappa shape index (κ3) is 5.28. The molecule has 0 saturated carbocycles. The SMILES string of the molecule is CN(CCc1ccncc1)CC(=O)Nc1ccccc1N1CCOCC1. The van der Waals surface area contributed by atoms with Crippen LogP contribution in [-0.2, 0) is 16.0 Å². The quantitative estimate of drug-likeness (QED) is 0.824. The molecule has 0 atom stereocenters. The van der Waals surface area contributed by atoms with Crippen molar-refractivity contribution in [2.75, 3.05) is 56.7 Å². The number of hydrogen-bond donors (Lipinski definition) is 1. The van der Waals surface area contributed by atoms with Gasteiger partial charge in [0.25, 0.3) is 0 Å². The summed E-state index contributed by atoms with van der Waals surface area (Å²) in [6.45, 7) is 4.32. The number of rotatable bonds is 7. The lowest BCUT2D eigenvalue weighted by Gasteiger charge is -2.30. The van der Waals surface area contributed by atoms with Crippen molar-refractivity contribution in [3.05, 3.63) is 54.4 Å². The monoisotopic (exact) mass is 354 g/mol. The highest BCUT2D eigenvalue weighted by Crippen LogP contribution is 2.26. The van der Waals surface area contributed by atoms with Crippen molar-refractivity contribution < 1.29 is 9.53 Å². The molecule has 1 aromatic carbocycles. The van der Waals surface area contributed by atoms with E-state index in [0.29, 0.717) is 6.54 Å². The number of hydrogen-bond acceptors (Lipinski definition) is 5. The number of para-hydroxylation sites is 2. The number of anilines is 2. The molecule has 2 heterocycles. The standard InChI is InChI=1S/C20H26N4O2/c1-23(11-8-17-6-9-21-10-7-17)16-20(25)22-18-4-2-3-5-19(18)24-12-14-26-15-13-24/h2-7,9-10H,8,11-16H2,1H3,(H,22,25). The van der Waals surface area contributed by atoms with Gasteiger partial charge in [-0.25, -0.2) is 0 Å². The number of carbonyl (C=O) groups excluding carboxylic acids is 1. The first-order valence-corrected chi connectivity index (χ1v) is 9.01. The molecule has 1 saturated heterocycles. The molecule has 0 unspecified atom stereocenters. The number of aromatic nitrogens is 1. The predicted octanol–water partition coefficient (Wildman–Crippen LogP) is 2.03. The van der Waals surface area contributed by atoms with E-state index in [2.05, 4.69) is 15.2 Å². The van der Waals surface area contributed by atoms with Crippen molar-refractivity contribution in [3.63, 3.8) is 0 Å². The van der Waals surface area contributed by atoms with Gasteiger partial charge in [-0.2, -0.15) is 0 Å². The second kappa shape index (κ2) is 9.31. The van der Waals surface area contributed by atoms with Crippen molar-refractivity contribution in [2.24, 2.45) is 0 Å². The average Bonchev–Trinajstić information content (AvgIpc) is 2.68. The number of nitrogens with one attached hydrogen (secondary N) is 1. The maximum atomic E-state index is 12.5. The van der Waals surface area contributed by atoms with Crippen LogP contribution in [0.15, 0.2) is 48.8 Å². The molecule has 26 heavy (non-hydrogen) atoms. The van der Waals surface area contributed by atoms with Gasteiger partial charge in [0.1, 0.15) is 0 Å². The summed E-state index contributed by atoms with van der Waals surface area (Å²) in [5, 5.41) is 3.06. The van der Waals surface area contributed by atoms with Crippen LogP contribution >= 0.6 is 0 Å². The Morgan fingerprint density at radius 2 is 1.92 bits per heavy atom. The third-order valence-corrected chi connectivity index (χ3v) is 4.47. The summed E-state index contributed by atoms with van der Waals surface area (Å²) in [6, 6.07) is 12.0. The minimum Gasteiger partial charge on any atom is -0.378 e. The van der Waals surface area contributed by atoms with E-state index in [-0.39, 0.29) is 5.91 Å². The van der Waals surface area contributed by atoms with Crippen molar-refractivity contribution in [1.29, 1.82) is 0 Å². The fourth-order valence-corrected chi connectivity index (χ4v) is 3.04. The Morgan fingerprint density at radius 1 is 1.19 bits per heavy atom. The fraction of sp³-hybridized carbons (Fsp3) is 0.400. The van der Waals surface area contributed by atoms with E-state index in [4.69, 9.17) is 4.74 Å². The van der Waals surface area contributed by atoms with E-state index >= 15 is 0 Å². The number of nitrogens with zero attached hydrogens (tertiary/aromatic N) is 3. The zero-order valence-electron chi connectivity index (χ0n) is 15.2. The lowest BCUT2D eigenvalue weighted by atomic mass is 10.2. The van der Waals surface area contributed by atoms with Gasteiger partial charge >= 0.3 is 0 Å². The summed E-state index contributed by atoms with van der Waals surface area (Å²) in [5.74, 6) is 0.00272. The Labute approximate surface area is 154 Å². The first-order valence-electron chi connectivity index (χ1n) is 9.01. The molecule has 138 valence electrons. The van der Waals surface area contributed by atoms with Gasteiger partial charge in [-0.3, -0.25) is 14.7 Å². The summed E-state index contributed by atoms with van der Waals surface area (Å²) in [4.78, 5) is 20.8. The van der Waals surface area contributed by atoms with E-state index in [1.54, 1.807) is 12.4 Å². The molecule has 0 bridgehead atoms. The Kier molecular flexibility index (Phi) is 6.57. The lowest BCUT2D eigenvalue weighted by Crippen LogP contribution is -2.37. The van der Waals surface area contributed by atoms with Gasteiger partial charge in [0, 0.05) is 32.0 Å². The van der Waals surface area contributed by atoms with Gasteiger partial charge in [0.2, 0.25) is 5.91 Å². The molecule has 1 aliphatic heterocycles. The molecule has 0 spiro atoms. The van der Waals surface area contributed by atoms with E-state index < -0.39 is 0 Å². The molecule has 1 aliphatic rings. The van der Waals surface area contributed by atoms with Crippen LogP contribution in [0, 0.1) is 0 Å². The summed E-state index contributed by atoms with van der Waals surface area (Å²) in [5.41, 5.74) is 3.15. The Bertz CT molecular complexity index is 702. The van der Waals surface area contributed by atoms with E-state index in [1.165, 1.54) is 5.56 Å². The van der Waals surface area contributed by atoms with Crippen LogP contribution < -0.4 is 10.2 Å². The topological polar surface area (TPSA) is 57.7 Å². The van der Waals surface area contributed by atoms with Crippen molar-refractivity contribution >= 4 is 17.3 Å². The molecule has 1 N–H and O–H groups in total. The highest BCUT2D eigenvalue weighted by Gasteiger charge is 2.16. The van der Waals surface area contributed by atoms with Crippen LogP contribution in [0.4, 0.5) is 11.4 Å². The summed E-state index contributed by atoms with van der Waals surface area (Å²) in [7, 11) is 1.97. The van der Waals surface area contributed by atoms with Gasteiger partial charge < -0.3 is 15.0 Å². The van der Waals surface area contributed by atoms with E-state index in [9.17, 15) is 4.79 Å². The first-order chi connectivity index (χ1) is 12.7. The van der Waals surface area contributed by atoms with Crippen LogP contribution in [0.1, 0.15) is 5.56 Å². The van der Waals surface area contributed by atoms with Crippen LogP contribution in [-0.4, -0.2) is 62.2 Å². The van der Waals surface area contributed by atoms with E-state index in [1.807, 2.05) is 48.3 Å².